The quantitative estimate of drug-likeness (QED) is 0.554. The Kier molecular flexibility index (Phi) is 6.98. The Morgan fingerprint density at radius 3 is 2.20 bits per heavy atom. The number of rotatable bonds is 8. The van der Waals surface area contributed by atoms with Crippen LogP contribution in [-0.2, 0) is 4.79 Å². The number of carbonyl (C=O) groups excluding carboxylic acids is 1. The maximum absolute atomic E-state index is 12.0. The van der Waals surface area contributed by atoms with Crippen LogP contribution in [0.1, 0.15) is 19.3 Å². The number of nitrogens with two attached hydrogens (primary N) is 1. The number of carbonyl (C=O) groups is 2. The SMILES string of the molecule is NCCCC[C@H](NC(=O)Nc1ccc(-c2ccccc2)cc1)C(=O)O. The van der Waals surface area contributed by atoms with Gasteiger partial charge in [-0.2, -0.15) is 0 Å². The van der Waals surface area contributed by atoms with Gasteiger partial charge in [-0.05, 0) is 49.1 Å². The van der Waals surface area contributed by atoms with Crippen LogP contribution in [0, 0.1) is 0 Å². The summed E-state index contributed by atoms with van der Waals surface area (Å²) in [5.41, 5.74) is 8.13. The zero-order valence-corrected chi connectivity index (χ0v) is 13.9. The van der Waals surface area contributed by atoms with E-state index in [9.17, 15) is 14.7 Å². The van der Waals surface area contributed by atoms with Crippen molar-refractivity contribution >= 4 is 17.7 Å². The standard InChI is InChI=1S/C19H23N3O3/c20-13-5-4-8-17(18(23)24)22-19(25)21-16-11-9-15(10-12-16)14-6-2-1-3-7-14/h1-3,6-7,9-12,17H,4-5,8,13,20H2,(H,23,24)(H2,21,22,25)/t17-/m0/s1. The highest BCUT2D eigenvalue weighted by molar-refractivity contribution is 5.92. The molecule has 0 heterocycles. The molecule has 0 saturated carbocycles. The summed E-state index contributed by atoms with van der Waals surface area (Å²) in [5.74, 6) is -1.05. The fourth-order valence-corrected chi connectivity index (χ4v) is 2.45. The van der Waals surface area contributed by atoms with Gasteiger partial charge >= 0.3 is 12.0 Å². The molecule has 132 valence electrons. The number of carboxylic acids is 1. The van der Waals surface area contributed by atoms with Gasteiger partial charge in [0.2, 0.25) is 0 Å². The van der Waals surface area contributed by atoms with Crippen LogP contribution < -0.4 is 16.4 Å². The first-order valence-electron chi connectivity index (χ1n) is 8.26. The van der Waals surface area contributed by atoms with E-state index in [1.54, 1.807) is 12.1 Å². The molecule has 25 heavy (non-hydrogen) atoms. The summed E-state index contributed by atoms with van der Waals surface area (Å²) in [6.07, 6.45) is 1.74. The van der Waals surface area contributed by atoms with E-state index < -0.39 is 18.0 Å². The first-order chi connectivity index (χ1) is 12.1. The second-order valence-electron chi connectivity index (χ2n) is 5.72. The summed E-state index contributed by atoms with van der Waals surface area (Å²) in [6, 6.07) is 15.8. The van der Waals surface area contributed by atoms with Gasteiger partial charge in [-0.15, -0.1) is 0 Å². The molecule has 2 amide bonds. The summed E-state index contributed by atoms with van der Waals surface area (Å²) in [5, 5.41) is 14.3. The molecule has 0 aliphatic heterocycles. The molecule has 0 aliphatic rings. The van der Waals surface area contributed by atoms with Crippen molar-refractivity contribution in [2.75, 3.05) is 11.9 Å². The maximum atomic E-state index is 12.0. The molecule has 0 saturated heterocycles. The first kappa shape index (κ1) is 18.5. The van der Waals surface area contributed by atoms with E-state index in [0.717, 1.165) is 17.5 Å². The van der Waals surface area contributed by atoms with E-state index >= 15 is 0 Å². The summed E-state index contributed by atoms with van der Waals surface area (Å²) in [4.78, 5) is 23.2. The predicted octanol–water partition coefficient (Wildman–Crippen LogP) is 3.06. The van der Waals surface area contributed by atoms with Crippen molar-refractivity contribution in [3.8, 4) is 11.1 Å². The third-order valence-corrected chi connectivity index (χ3v) is 3.80. The van der Waals surface area contributed by atoms with Gasteiger partial charge < -0.3 is 21.5 Å². The minimum absolute atomic E-state index is 0.354. The highest BCUT2D eigenvalue weighted by Crippen LogP contribution is 2.20. The Bertz CT molecular complexity index is 687. The molecule has 0 fully saturated rings. The maximum Gasteiger partial charge on any atom is 0.326 e. The van der Waals surface area contributed by atoms with E-state index in [-0.39, 0.29) is 0 Å². The van der Waals surface area contributed by atoms with Crippen LogP contribution in [0.15, 0.2) is 54.6 Å². The predicted molar refractivity (Wildman–Crippen MR) is 98.4 cm³/mol. The Labute approximate surface area is 147 Å². The van der Waals surface area contributed by atoms with Gasteiger partial charge in [0, 0.05) is 5.69 Å². The number of benzene rings is 2. The Balaban J connectivity index is 1.92. The van der Waals surface area contributed by atoms with Gasteiger partial charge in [0.15, 0.2) is 0 Å². The largest absolute Gasteiger partial charge is 0.480 e. The van der Waals surface area contributed by atoms with Gasteiger partial charge in [0.05, 0.1) is 0 Å². The number of urea groups is 1. The number of unbranched alkanes of at least 4 members (excludes halogenated alkanes) is 1. The molecule has 6 heteroatoms. The van der Waals surface area contributed by atoms with Crippen LogP contribution >= 0.6 is 0 Å². The molecule has 0 bridgehead atoms. The number of amides is 2. The van der Waals surface area contributed by atoms with Gasteiger partial charge in [-0.3, -0.25) is 0 Å². The number of nitrogens with one attached hydrogen (secondary N) is 2. The van der Waals surface area contributed by atoms with Crippen LogP contribution in [0.3, 0.4) is 0 Å². The number of hydrogen-bond acceptors (Lipinski definition) is 3. The van der Waals surface area contributed by atoms with Gasteiger partial charge in [0.25, 0.3) is 0 Å². The van der Waals surface area contributed by atoms with E-state index in [0.29, 0.717) is 25.1 Å². The average Bonchev–Trinajstić information content (AvgIpc) is 2.62. The van der Waals surface area contributed by atoms with E-state index in [1.165, 1.54) is 0 Å². The molecule has 2 aromatic carbocycles. The van der Waals surface area contributed by atoms with Gasteiger partial charge in [-0.25, -0.2) is 9.59 Å². The molecule has 5 N–H and O–H groups in total. The van der Waals surface area contributed by atoms with E-state index in [1.807, 2.05) is 42.5 Å². The van der Waals surface area contributed by atoms with Gasteiger partial charge in [0.1, 0.15) is 6.04 Å². The minimum Gasteiger partial charge on any atom is -0.480 e. The number of carboxylic acid groups (broad SMARTS) is 1. The lowest BCUT2D eigenvalue weighted by molar-refractivity contribution is -0.139. The topological polar surface area (TPSA) is 104 Å². The summed E-state index contributed by atoms with van der Waals surface area (Å²) >= 11 is 0. The Hall–Kier alpha value is -2.86. The molecular formula is C19H23N3O3. The lowest BCUT2D eigenvalue weighted by Gasteiger charge is -2.15. The summed E-state index contributed by atoms with van der Waals surface area (Å²) in [7, 11) is 0. The first-order valence-corrected chi connectivity index (χ1v) is 8.26. The third kappa shape index (κ3) is 5.93. The molecule has 1 atom stereocenters. The lowest BCUT2D eigenvalue weighted by atomic mass is 10.1. The van der Waals surface area contributed by atoms with Crippen molar-refractivity contribution in [2.45, 2.75) is 25.3 Å². The highest BCUT2D eigenvalue weighted by Gasteiger charge is 2.19. The van der Waals surface area contributed by atoms with Crippen LogP contribution in [0.4, 0.5) is 10.5 Å². The fraction of sp³-hybridized carbons (Fsp3) is 0.263. The Morgan fingerprint density at radius 2 is 1.60 bits per heavy atom. The molecule has 0 radical (unpaired) electrons. The summed E-state index contributed by atoms with van der Waals surface area (Å²) < 4.78 is 0. The zero-order chi connectivity index (χ0) is 18.1. The number of hydrogen-bond donors (Lipinski definition) is 4. The third-order valence-electron chi connectivity index (χ3n) is 3.80. The van der Waals surface area contributed by atoms with Crippen molar-refractivity contribution in [3.63, 3.8) is 0 Å². The second kappa shape index (κ2) is 9.44. The molecular weight excluding hydrogens is 318 g/mol. The van der Waals surface area contributed by atoms with Crippen molar-refractivity contribution in [1.82, 2.24) is 5.32 Å². The fourth-order valence-electron chi connectivity index (χ4n) is 2.45. The molecule has 0 aromatic heterocycles. The lowest BCUT2D eigenvalue weighted by Crippen LogP contribution is -2.43. The average molecular weight is 341 g/mol. The van der Waals surface area contributed by atoms with Crippen molar-refractivity contribution in [1.29, 1.82) is 0 Å². The highest BCUT2D eigenvalue weighted by atomic mass is 16.4. The van der Waals surface area contributed by atoms with E-state index in [4.69, 9.17) is 5.73 Å². The normalized spacial score (nSPS) is 11.6. The van der Waals surface area contributed by atoms with Crippen molar-refractivity contribution in [3.05, 3.63) is 54.6 Å². The van der Waals surface area contributed by atoms with Crippen LogP contribution in [0.2, 0.25) is 0 Å². The Morgan fingerprint density at radius 1 is 0.960 bits per heavy atom. The smallest absolute Gasteiger partial charge is 0.326 e. The monoisotopic (exact) mass is 341 g/mol. The van der Waals surface area contributed by atoms with Crippen LogP contribution in [0.5, 0.6) is 0 Å². The molecule has 6 nitrogen and oxygen atoms in total. The summed E-state index contributed by atoms with van der Waals surface area (Å²) in [6.45, 7) is 0.506. The molecule has 2 aromatic rings. The van der Waals surface area contributed by atoms with Gasteiger partial charge in [-0.1, -0.05) is 42.5 Å². The minimum atomic E-state index is -1.05. The number of aliphatic carboxylic acids is 1. The van der Waals surface area contributed by atoms with E-state index in [2.05, 4.69) is 10.6 Å². The molecule has 0 unspecified atom stereocenters. The molecule has 0 aliphatic carbocycles. The van der Waals surface area contributed by atoms with Crippen molar-refractivity contribution in [2.24, 2.45) is 5.73 Å². The molecule has 2 rings (SSSR count). The second-order valence-corrected chi connectivity index (χ2v) is 5.72. The van der Waals surface area contributed by atoms with Crippen LogP contribution in [0.25, 0.3) is 11.1 Å². The van der Waals surface area contributed by atoms with Crippen LogP contribution in [-0.4, -0.2) is 29.7 Å². The van der Waals surface area contributed by atoms with Crippen molar-refractivity contribution < 1.29 is 14.7 Å². The number of anilines is 1. The molecule has 0 spiro atoms. The zero-order valence-electron chi connectivity index (χ0n) is 13.9.